The van der Waals surface area contributed by atoms with Gasteiger partial charge in [-0.3, -0.25) is 4.79 Å². The minimum absolute atomic E-state index is 0.109. The molecule has 0 aliphatic heterocycles. The summed E-state index contributed by atoms with van der Waals surface area (Å²) < 4.78 is 0. The van der Waals surface area contributed by atoms with E-state index in [1.54, 1.807) is 0 Å². The van der Waals surface area contributed by atoms with Crippen LogP contribution in [-0.2, 0) is 4.79 Å². The van der Waals surface area contributed by atoms with E-state index < -0.39 is 0 Å². The molecule has 0 aromatic rings. The molecule has 3 atom stereocenters. The normalized spacial score (nSPS) is 26.5. The average Bonchev–Trinajstić information content (AvgIpc) is 2.94. The van der Waals surface area contributed by atoms with Gasteiger partial charge in [0.2, 0.25) is 5.91 Å². The van der Waals surface area contributed by atoms with Crippen LogP contribution in [0, 0.1) is 17.8 Å². The molecule has 1 rings (SSSR count). The summed E-state index contributed by atoms with van der Waals surface area (Å²) in [7, 11) is 0. The fraction of sp³-hybridized carbons (Fsp3) is 0.917. The van der Waals surface area contributed by atoms with Crippen LogP contribution in [0.25, 0.3) is 0 Å². The van der Waals surface area contributed by atoms with Crippen LogP contribution < -0.4 is 11.1 Å². The third kappa shape index (κ3) is 3.49. The van der Waals surface area contributed by atoms with Gasteiger partial charge in [-0.25, -0.2) is 0 Å². The van der Waals surface area contributed by atoms with Crippen LogP contribution >= 0.6 is 0 Å². The monoisotopic (exact) mass is 212 g/mol. The van der Waals surface area contributed by atoms with Crippen LogP contribution in [0.3, 0.4) is 0 Å². The Balaban J connectivity index is 2.21. The molecule has 3 unspecified atom stereocenters. The molecular formula is C12H24N2O. The molecule has 15 heavy (non-hydrogen) atoms. The third-order valence-corrected chi connectivity index (χ3v) is 3.61. The second-order valence-electron chi connectivity index (χ2n) is 4.81. The maximum Gasteiger partial charge on any atom is 0.223 e. The molecule has 3 heteroatoms. The topological polar surface area (TPSA) is 55.1 Å². The molecular weight excluding hydrogens is 188 g/mol. The van der Waals surface area contributed by atoms with Crippen LogP contribution in [0.2, 0.25) is 0 Å². The fourth-order valence-electron chi connectivity index (χ4n) is 2.10. The van der Waals surface area contributed by atoms with Crippen molar-refractivity contribution in [2.45, 2.75) is 46.1 Å². The molecule has 3 N–H and O–H groups in total. The number of nitrogens with one attached hydrogen (secondary N) is 1. The molecule has 0 bridgehead atoms. The molecule has 1 fully saturated rings. The highest BCUT2D eigenvalue weighted by Gasteiger charge is 2.38. The van der Waals surface area contributed by atoms with Crippen LogP contribution in [0.15, 0.2) is 0 Å². The zero-order valence-electron chi connectivity index (χ0n) is 10.1. The van der Waals surface area contributed by atoms with Gasteiger partial charge in [0.15, 0.2) is 0 Å². The van der Waals surface area contributed by atoms with Crippen molar-refractivity contribution in [1.82, 2.24) is 5.32 Å². The molecule has 0 aromatic heterocycles. The fourth-order valence-corrected chi connectivity index (χ4v) is 2.10. The zero-order chi connectivity index (χ0) is 11.4. The summed E-state index contributed by atoms with van der Waals surface area (Å²) in [5.41, 5.74) is 6.03. The van der Waals surface area contributed by atoms with Gasteiger partial charge in [0, 0.05) is 18.5 Å². The summed E-state index contributed by atoms with van der Waals surface area (Å²) in [6.45, 7) is 7.05. The summed E-state index contributed by atoms with van der Waals surface area (Å²) >= 11 is 0. The van der Waals surface area contributed by atoms with E-state index in [2.05, 4.69) is 26.1 Å². The van der Waals surface area contributed by atoms with Crippen molar-refractivity contribution in [3.05, 3.63) is 0 Å². The molecule has 1 amide bonds. The molecule has 0 saturated heterocycles. The van der Waals surface area contributed by atoms with Crippen molar-refractivity contribution in [2.24, 2.45) is 23.5 Å². The minimum Gasteiger partial charge on any atom is -0.354 e. The molecule has 3 nitrogen and oxygen atoms in total. The highest BCUT2D eigenvalue weighted by Crippen LogP contribution is 2.37. The van der Waals surface area contributed by atoms with Crippen molar-refractivity contribution in [2.75, 3.05) is 6.54 Å². The summed E-state index contributed by atoms with van der Waals surface area (Å²) in [4.78, 5) is 11.6. The molecule has 0 aromatic carbocycles. The van der Waals surface area contributed by atoms with Gasteiger partial charge < -0.3 is 11.1 Å². The van der Waals surface area contributed by atoms with Crippen molar-refractivity contribution in [3.8, 4) is 0 Å². The number of nitrogens with two attached hydrogens (primary N) is 1. The average molecular weight is 212 g/mol. The predicted molar refractivity (Wildman–Crippen MR) is 62.3 cm³/mol. The Labute approximate surface area is 92.8 Å². The summed E-state index contributed by atoms with van der Waals surface area (Å²) in [5, 5.41) is 2.96. The van der Waals surface area contributed by atoms with Crippen LogP contribution in [0.4, 0.5) is 0 Å². The van der Waals surface area contributed by atoms with Gasteiger partial charge in [0.1, 0.15) is 0 Å². The Morgan fingerprint density at radius 2 is 2.00 bits per heavy atom. The van der Waals surface area contributed by atoms with Gasteiger partial charge in [-0.1, -0.05) is 33.6 Å². The van der Waals surface area contributed by atoms with E-state index in [1.165, 1.54) is 0 Å². The smallest absolute Gasteiger partial charge is 0.223 e. The number of hydrogen-bond donors (Lipinski definition) is 2. The van der Waals surface area contributed by atoms with Crippen molar-refractivity contribution in [3.63, 3.8) is 0 Å². The molecule has 1 aliphatic rings. The highest BCUT2D eigenvalue weighted by atomic mass is 16.2. The molecule has 0 spiro atoms. The van der Waals surface area contributed by atoms with Gasteiger partial charge in [0.05, 0.1) is 0 Å². The number of rotatable bonds is 6. The third-order valence-electron chi connectivity index (χ3n) is 3.61. The standard InChI is InChI=1S/C12H24N2O/c1-4-9(5-2)11(13)7-14-12(15)10-6-8(10)3/h8-11H,4-7,13H2,1-3H3,(H,14,15). The Kier molecular flexibility index (Phi) is 4.58. The lowest BCUT2D eigenvalue weighted by atomic mass is 9.95. The summed E-state index contributed by atoms with van der Waals surface area (Å²) in [6, 6.07) is 0.109. The lowest BCUT2D eigenvalue weighted by Crippen LogP contribution is -2.42. The SMILES string of the molecule is CCC(CC)C(N)CNC(=O)C1CC1C. The first-order chi connectivity index (χ1) is 7.10. The Morgan fingerprint density at radius 1 is 1.47 bits per heavy atom. The number of carbonyl (C=O) groups excluding carboxylic acids is 1. The molecule has 1 saturated carbocycles. The maximum atomic E-state index is 11.6. The van der Waals surface area contributed by atoms with Gasteiger partial charge in [-0.15, -0.1) is 0 Å². The van der Waals surface area contributed by atoms with Gasteiger partial charge in [-0.05, 0) is 18.3 Å². The second kappa shape index (κ2) is 5.50. The van der Waals surface area contributed by atoms with Crippen molar-refractivity contribution >= 4 is 5.91 Å². The Morgan fingerprint density at radius 3 is 2.40 bits per heavy atom. The molecule has 0 radical (unpaired) electrons. The van der Waals surface area contributed by atoms with Crippen molar-refractivity contribution in [1.29, 1.82) is 0 Å². The quantitative estimate of drug-likeness (QED) is 0.701. The molecule has 1 aliphatic carbocycles. The van der Waals surface area contributed by atoms with Crippen LogP contribution in [0.5, 0.6) is 0 Å². The largest absolute Gasteiger partial charge is 0.354 e. The predicted octanol–water partition coefficient (Wildman–Crippen LogP) is 1.52. The van der Waals surface area contributed by atoms with E-state index in [-0.39, 0.29) is 17.9 Å². The maximum absolute atomic E-state index is 11.6. The zero-order valence-corrected chi connectivity index (χ0v) is 10.1. The van der Waals surface area contributed by atoms with E-state index in [0.29, 0.717) is 18.4 Å². The first kappa shape index (κ1) is 12.5. The second-order valence-corrected chi connectivity index (χ2v) is 4.81. The number of amides is 1. The first-order valence-corrected chi connectivity index (χ1v) is 6.13. The lowest BCUT2D eigenvalue weighted by Gasteiger charge is -2.21. The lowest BCUT2D eigenvalue weighted by molar-refractivity contribution is -0.122. The highest BCUT2D eigenvalue weighted by molar-refractivity contribution is 5.81. The van der Waals surface area contributed by atoms with Crippen molar-refractivity contribution < 1.29 is 4.79 Å². The summed E-state index contributed by atoms with van der Waals surface area (Å²) in [6.07, 6.45) is 3.23. The molecule has 88 valence electrons. The van der Waals surface area contributed by atoms with E-state index in [4.69, 9.17) is 5.73 Å². The van der Waals surface area contributed by atoms with E-state index in [9.17, 15) is 4.79 Å². The van der Waals surface area contributed by atoms with Crippen LogP contribution in [0.1, 0.15) is 40.0 Å². The number of carbonyl (C=O) groups is 1. The van der Waals surface area contributed by atoms with E-state index in [1.807, 2.05) is 0 Å². The minimum atomic E-state index is 0.109. The van der Waals surface area contributed by atoms with E-state index >= 15 is 0 Å². The summed E-state index contributed by atoms with van der Waals surface area (Å²) in [5.74, 6) is 1.57. The Bertz CT molecular complexity index is 214. The Hall–Kier alpha value is -0.570. The molecule has 0 heterocycles. The van der Waals surface area contributed by atoms with Crippen LogP contribution in [-0.4, -0.2) is 18.5 Å². The number of hydrogen-bond acceptors (Lipinski definition) is 2. The first-order valence-electron chi connectivity index (χ1n) is 6.13. The van der Waals surface area contributed by atoms with Gasteiger partial charge >= 0.3 is 0 Å². The van der Waals surface area contributed by atoms with Gasteiger partial charge in [-0.2, -0.15) is 0 Å². The van der Waals surface area contributed by atoms with Gasteiger partial charge in [0.25, 0.3) is 0 Å². The van der Waals surface area contributed by atoms with E-state index in [0.717, 1.165) is 19.3 Å².